The number of benzene rings is 1. The van der Waals surface area contributed by atoms with Crippen LogP contribution in [0.5, 0.6) is 0 Å². The van der Waals surface area contributed by atoms with Crippen molar-refractivity contribution in [3.05, 3.63) is 34.9 Å². The second-order valence-corrected chi connectivity index (χ2v) is 7.71. The van der Waals surface area contributed by atoms with Crippen LogP contribution in [0.4, 0.5) is 0 Å². The summed E-state index contributed by atoms with van der Waals surface area (Å²) in [6, 6.07) is 6.65. The molecule has 1 aromatic carbocycles. The van der Waals surface area contributed by atoms with Crippen LogP contribution in [-0.2, 0) is 6.42 Å². The predicted molar refractivity (Wildman–Crippen MR) is 90.4 cm³/mol. The average Bonchev–Trinajstić information content (AvgIpc) is 2.32. The normalized spacial score (nSPS) is 15.2. The van der Waals surface area contributed by atoms with E-state index in [4.69, 9.17) is 0 Å². The van der Waals surface area contributed by atoms with Crippen molar-refractivity contribution < 1.29 is 0 Å². The Morgan fingerprint density at radius 2 is 1.55 bits per heavy atom. The van der Waals surface area contributed by atoms with Crippen LogP contribution in [0, 0.1) is 19.3 Å². The van der Waals surface area contributed by atoms with E-state index in [9.17, 15) is 0 Å². The second kappa shape index (κ2) is 6.76. The molecule has 0 heterocycles. The zero-order valence-corrected chi connectivity index (χ0v) is 14.6. The Hall–Kier alpha value is -0.820. The fourth-order valence-electron chi connectivity index (χ4n) is 2.88. The van der Waals surface area contributed by atoms with Gasteiger partial charge in [-0.3, -0.25) is 0 Å². The van der Waals surface area contributed by atoms with Crippen LogP contribution in [-0.4, -0.2) is 12.1 Å². The lowest BCUT2D eigenvalue weighted by atomic mass is 9.77. The van der Waals surface area contributed by atoms with Crippen molar-refractivity contribution in [2.75, 3.05) is 6.54 Å². The van der Waals surface area contributed by atoms with E-state index in [1.807, 2.05) is 0 Å². The molecule has 0 amide bonds. The standard InChI is InChI=1S/C19H33N/c1-8-12-19(7,14-20-18(4,5)6)13-17-15(2)10-9-11-16(17)3/h9-11,20H,8,12-14H2,1-7H3. The molecule has 0 fully saturated rings. The fourth-order valence-corrected chi connectivity index (χ4v) is 2.88. The Morgan fingerprint density at radius 1 is 1.00 bits per heavy atom. The molecule has 0 saturated heterocycles. The molecule has 114 valence electrons. The summed E-state index contributed by atoms with van der Waals surface area (Å²) in [6.45, 7) is 17.0. The van der Waals surface area contributed by atoms with E-state index in [0.29, 0.717) is 5.41 Å². The van der Waals surface area contributed by atoms with Gasteiger partial charge in [-0.05, 0) is 69.6 Å². The minimum atomic E-state index is 0.190. The summed E-state index contributed by atoms with van der Waals surface area (Å²) in [4.78, 5) is 0. The third-order valence-electron chi connectivity index (χ3n) is 4.15. The van der Waals surface area contributed by atoms with Gasteiger partial charge in [-0.15, -0.1) is 0 Å². The maximum absolute atomic E-state index is 3.71. The van der Waals surface area contributed by atoms with Crippen LogP contribution in [0.3, 0.4) is 0 Å². The first-order valence-corrected chi connectivity index (χ1v) is 7.97. The van der Waals surface area contributed by atoms with Crippen molar-refractivity contribution in [3.63, 3.8) is 0 Å². The third kappa shape index (κ3) is 5.28. The van der Waals surface area contributed by atoms with Crippen molar-refractivity contribution in [3.8, 4) is 0 Å². The molecule has 0 saturated carbocycles. The number of hydrogen-bond acceptors (Lipinski definition) is 1. The molecule has 1 aromatic rings. The zero-order chi connectivity index (χ0) is 15.4. The second-order valence-electron chi connectivity index (χ2n) is 7.71. The van der Waals surface area contributed by atoms with Gasteiger partial charge >= 0.3 is 0 Å². The molecule has 20 heavy (non-hydrogen) atoms. The Kier molecular flexibility index (Phi) is 5.82. The molecule has 0 aliphatic carbocycles. The van der Waals surface area contributed by atoms with Crippen molar-refractivity contribution in [2.24, 2.45) is 5.41 Å². The average molecular weight is 275 g/mol. The van der Waals surface area contributed by atoms with Gasteiger partial charge in [0, 0.05) is 12.1 Å². The lowest BCUT2D eigenvalue weighted by Crippen LogP contribution is -2.43. The van der Waals surface area contributed by atoms with Crippen molar-refractivity contribution in [2.45, 2.75) is 73.3 Å². The molecule has 0 aliphatic rings. The zero-order valence-electron chi connectivity index (χ0n) is 14.6. The monoisotopic (exact) mass is 275 g/mol. The van der Waals surface area contributed by atoms with Gasteiger partial charge in [0.05, 0.1) is 0 Å². The summed E-state index contributed by atoms with van der Waals surface area (Å²) in [5.74, 6) is 0. The Labute approximate surface area is 126 Å². The number of nitrogens with one attached hydrogen (secondary N) is 1. The van der Waals surface area contributed by atoms with Crippen LogP contribution in [0.25, 0.3) is 0 Å². The van der Waals surface area contributed by atoms with Gasteiger partial charge in [0.15, 0.2) is 0 Å². The lowest BCUT2D eigenvalue weighted by molar-refractivity contribution is 0.243. The molecule has 1 heteroatoms. The van der Waals surface area contributed by atoms with E-state index in [-0.39, 0.29) is 5.54 Å². The van der Waals surface area contributed by atoms with Crippen molar-refractivity contribution in [1.29, 1.82) is 0 Å². The summed E-state index contributed by atoms with van der Waals surface area (Å²) >= 11 is 0. The molecular formula is C19H33N. The van der Waals surface area contributed by atoms with Gasteiger partial charge in [0.2, 0.25) is 0 Å². The van der Waals surface area contributed by atoms with Gasteiger partial charge in [-0.1, -0.05) is 38.5 Å². The fraction of sp³-hybridized carbons (Fsp3) is 0.684. The first kappa shape index (κ1) is 17.2. The van der Waals surface area contributed by atoms with Crippen LogP contribution in [0.15, 0.2) is 18.2 Å². The van der Waals surface area contributed by atoms with Gasteiger partial charge in [-0.25, -0.2) is 0 Å². The Bertz CT molecular complexity index is 408. The highest BCUT2D eigenvalue weighted by Crippen LogP contribution is 2.31. The van der Waals surface area contributed by atoms with E-state index in [2.05, 4.69) is 72.0 Å². The Balaban J connectivity index is 2.90. The van der Waals surface area contributed by atoms with Gasteiger partial charge in [0.1, 0.15) is 0 Å². The summed E-state index contributed by atoms with van der Waals surface area (Å²) in [5, 5.41) is 3.71. The predicted octanol–water partition coefficient (Wildman–Crippen LogP) is 5.04. The quantitative estimate of drug-likeness (QED) is 0.767. The van der Waals surface area contributed by atoms with Crippen LogP contribution in [0.1, 0.15) is 64.2 Å². The topological polar surface area (TPSA) is 12.0 Å². The molecule has 1 N–H and O–H groups in total. The minimum absolute atomic E-state index is 0.190. The highest BCUT2D eigenvalue weighted by molar-refractivity contribution is 5.34. The minimum Gasteiger partial charge on any atom is -0.312 e. The molecule has 1 rings (SSSR count). The highest BCUT2D eigenvalue weighted by atomic mass is 15.0. The molecule has 0 radical (unpaired) electrons. The summed E-state index contributed by atoms with van der Waals surface area (Å²) in [5.41, 5.74) is 4.93. The summed E-state index contributed by atoms with van der Waals surface area (Å²) in [7, 11) is 0. The van der Waals surface area contributed by atoms with Crippen LogP contribution in [0.2, 0.25) is 0 Å². The number of hydrogen-bond donors (Lipinski definition) is 1. The van der Waals surface area contributed by atoms with E-state index >= 15 is 0 Å². The molecule has 0 aromatic heterocycles. The number of aryl methyl sites for hydroxylation is 2. The van der Waals surface area contributed by atoms with Gasteiger partial charge in [-0.2, -0.15) is 0 Å². The highest BCUT2D eigenvalue weighted by Gasteiger charge is 2.26. The third-order valence-corrected chi connectivity index (χ3v) is 4.15. The lowest BCUT2D eigenvalue weighted by Gasteiger charge is -2.34. The van der Waals surface area contributed by atoms with E-state index in [1.54, 1.807) is 5.56 Å². The van der Waals surface area contributed by atoms with Crippen LogP contribution < -0.4 is 5.32 Å². The summed E-state index contributed by atoms with van der Waals surface area (Å²) in [6.07, 6.45) is 3.68. The molecular weight excluding hydrogens is 242 g/mol. The molecule has 1 nitrogen and oxygen atoms in total. The SMILES string of the molecule is CCCC(C)(CNC(C)(C)C)Cc1c(C)cccc1C. The molecule has 1 unspecified atom stereocenters. The van der Waals surface area contributed by atoms with Crippen molar-refractivity contribution in [1.82, 2.24) is 5.32 Å². The van der Waals surface area contributed by atoms with E-state index < -0.39 is 0 Å². The van der Waals surface area contributed by atoms with E-state index in [0.717, 1.165) is 6.54 Å². The molecule has 1 atom stereocenters. The van der Waals surface area contributed by atoms with E-state index in [1.165, 1.54) is 30.4 Å². The molecule has 0 aliphatic heterocycles. The maximum atomic E-state index is 3.71. The Morgan fingerprint density at radius 3 is 2.00 bits per heavy atom. The smallest absolute Gasteiger partial charge is 0.00967 e. The van der Waals surface area contributed by atoms with Crippen molar-refractivity contribution >= 4 is 0 Å². The molecule has 0 spiro atoms. The number of rotatable bonds is 6. The van der Waals surface area contributed by atoms with Gasteiger partial charge in [0.25, 0.3) is 0 Å². The first-order chi connectivity index (χ1) is 9.17. The van der Waals surface area contributed by atoms with Gasteiger partial charge < -0.3 is 5.32 Å². The first-order valence-electron chi connectivity index (χ1n) is 7.97. The largest absolute Gasteiger partial charge is 0.312 e. The molecule has 0 bridgehead atoms. The summed E-state index contributed by atoms with van der Waals surface area (Å²) < 4.78 is 0. The van der Waals surface area contributed by atoms with Crippen LogP contribution >= 0.6 is 0 Å². The maximum Gasteiger partial charge on any atom is 0.00967 e.